The van der Waals surface area contributed by atoms with Crippen molar-refractivity contribution < 1.29 is 19.4 Å². The number of rotatable bonds is 7. The molecule has 0 aliphatic heterocycles. The van der Waals surface area contributed by atoms with Gasteiger partial charge in [0.2, 0.25) is 0 Å². The molecule has 0 saturated carbocycles. The molecule has 0 unspecified atom stereocenters. The second-order valence-corrected chi connectivity index (χ2v) is 4.30. The fourth-order valence-corrected chi connectivity index (χ4v) is 1.85. The van der Waals surface area contributed by atoms with Gasteiger partial charge in [-0.1, -0.05) is 12.1 Å². The Morgan fingerprint density at radius 1 is 1.10 bits per heavy atom. The summed E-state index contributed by atoms with van der Waals surface area (Å²) in [5.41, 5.74) is 0.838. The highest BCUT2D eigenvalue weighted by molar-refractivity contribution is 5.94. The number of hydrogen-bond donors (Lipinski definition) is 2. The first-order valence-corrected chi connectivity index (χ1v) is 6.54. The van der Waals surface area contributed by atoms with Crippen LogP contribution < -0.4 is 14.8 Å². The van der Waals surface area contributed by atoms with E-state index in [0.717, 1.165) is 11.5 Å². The molecule has 5 heteroatoms. The van der Waals surface area contributed by atoms with Gasteiger partial charge in [-0.3, -0.25) is 0 Å². The van der Waals surface area contributed by atoms with Crippen LogP contribution in [0, 0.1) is 0 Å². The largest absolute Gasteiger partial charge is 0.497 e. The number of ether oxygens (including phenoxy) is 2. The van der Waals surface area contributed by atoms with Gasteiger partial charge in [0.25, 0.3) is 0 Å². The van der Waals surface area contributed by atoms with E-state index >= 15 is 0 Å². The molecule has 0 fully saturated rings. The van der Waals surface area contributed by atoms with Crippen molar-refractivity contribution in [3.63, 3.8) is 0 Å². The van der Waals surface area contributed by atoms with Crippen molar-refractivity contribution in [1.29, 1.82) is 0 Å². The summed E-state index contributed by atoms with van der Waals surface area (Å²) in [5.74, 6) is 0.564. The van der Waals surface area contributed by atoms with Crippen LogP contribution in [-0.4, -0.2) is 31.3 Å². The molecular weight excluding hydrogens is 270 g/mol. The van der Waals surface area contributed by atoms with Crippen LogP contribution in [0.5, 0.6) is 11.5 Å². The predicted molar refractivity (Wildman–Crippen MR) is 80.4 cm³/mol. The summed E-state index contributed by atoms with van der Waals surface area (Å²) >= 11 is 0. The highest BCUT2D eigenvalue weighted by Crippen LogP contribution is 2.17. The Kier molecular flexibility index (Phi) is 5.04. The maximum absolute atomic E-state index is 11.1. The number of anilines is 1. The van der Waals surface area contributed by atoms with Crippen LogP contribution >= 0.6 is 0 Å². The minimum atomic E-state index is -0.950. The number of hydrogen-bond acceptors (Lipinski definition) is 4. The van der Waals surface area contributed by atoms with Crippen LogP contribution in [0.15, 0.2) is 48.5 Å². The maximum Gasteiger partial charge on any atom is 0.337 e. The first-order chi connectivity index (χ1) is 10.2. The molecule has 5 nitrogen and oxygen atoms in total. The van der Waals surface area contributed by atoms with E-state index in [0.29, 0.717) is 18.8 Å². The van der Waals surface area contributed by atoms with Gasteiger partial charge in [0.05, 0.1) is 12.7 Å². The third-order valence-electron chi connectivity index (χ3n) is 2.90. The highest BCUT2D eigenvalue weighted by atomic mass is 16.5. The average molecular weight is 287 g/mol. The van der Waals surface area contributed by atoms with E-state index in [-0.39, 0.29) is 5.56 Å². The SMILES string of the molecule is COc1ccc(OCCNc2ccccc2C(=O)O)cc1. The molecule has 0 radical (unpaired) electrons. The third-order valence-corrected chi connectivity index (χ3v) is 2.90. The Bertz CT molecular complexity index is 595. The normalized spacial score (nSPS) is 9.95. The van der Waals surface area contributed by atoms with Gasteiger partial charge in [-0.25, -0.2) is 4.79 Å². The van der Waals surface area contributed by atoms with Crippen molar-refractivity contribution in [2.75, 3.05) is 25.6 Å². The van der Waals surface area contributed by atoms with Crippen LogP contribution in [0.25, 0.3) is 0 Å². The van der Waals surface area contributed by atoms with Gasteiger partial charge < -0.3 is 19.9 Å². The summed E-state index contributed by atoms with van der Waals surface area (Å²) in [7, 11) is 1.61. The van der Waals surface area contributed by atoms with Gasteiger partial charge in [-0.2, -0.15) is 0 Å². The molecule has 2 aromatic rings. The molecule has 0 amide bonds. The van der Waals surface area contributed by atoms with E-state index in [1.54, 1.807) is 31.4 Å². The standard InChI is InChI=1S/C16H17NO4/c1-20-12-6-8-13(9-7-12)21-11-10-17-15-5-3-2-4-14(15)16(18)19/h2-9,17H,10-11H2,1H3,(H,18,19). The second-order valence-electron chi connectivity index (χ2n) is 4.30. The molecule has 0 saturated heterocycles. The third kappa shape index (κ3) is 4.14. The van der Waals surface area contributed by atoms with Gasteiger partial charge in [0, 0.05) is 12.2 Å². The van der Waals surface area contributed by atoms with Crippen molar-refractivity contribution >= 4 is 11.7 Å². The zero-order valence-electron chi connectivity index (χ0n) is 11.7. The molecule has 0 aromatic heterocycles. The van der Waals surface area contributed by atoms with Gasteiger partial charge in [0.1, 0.15) is 18.1 Å². The van der Waals surface area contributed by atoms with Crippen LogP contribution in [0.4, 0.5) is 5.69 Å². The Morgan fingerprint density at radius 3 is 2.43 bits per heavy atom. The molecule has 2 N–H and O–H groups in total. The Balaban J connectivity index is 1.83. The van der Waals surface area contributed by atoms with Crippen molar-refractivity contribution in [1.82, 2.24) is 0 Å². The van der Waals surface area contributed by atoms with E-state index < -0.39 is 5.97 Å². The van der Waals surface area contributed by atoms with Crippen molar-refractivity contribution in [2.24, 2.45) is 0 Å². The van der Waals surface area contributed by atoms with Crippen LogP contribution in [0.2, 0.25) is 0 Å². The van der Waals surface area contributed by atoms with Crippen molar-refractivity contribution in [2.45, 2.75) is 0 Å². The molecule has 0 atom stereocenters. The molecule has 2 rings (SSSR count). The second kappa shape index (κ2) is 7.19. The predicted octanol–water partition coefficient (Wildman–Crippen LogP) is 2.88. The van der Waals surface area contributed by atoms with E-state index in [1.165, 1.54) is 0 Å². The summed E-state index contributed by atoms with van der Waals surface area (Å²) in [6.45, 7) is 0.941. The quantitative estimate of drug-likeness (QED) is 0.766. The average Bonchev–Trinajstić information content (AvgIpc) is 2.52. The molecule has 0 aliphatic rings. The Morgan fingerprint density at radius 2 is 1.76 bits per heavy atom. The molecule has 0 spiro atoms. The fourth-order valence-electron chi connectivity index (χ4n) is 1.85. The fraction of sp³-hybridized carbons (Fsp3) is 0.188. The van der Waals surface area contributed by atoms with Crippen LogP contribution in [0.1, 0.15) is 10.4 Å². The van der Waals surface area contributed by atoms with E-state index in [9.17, 15) is 4.79 Å². The lowest BCUT2D eigenvalue weighted by Gasteiger charge is -2.10. The number of benzene rings is 2. The van der Waals surface area contributed by atoms with Crippen LogP contribution in [-0.2, 0) is 0 Å². The molecule has 0 heterocycles. The van der Waals surface area contributed by atoms with E-state index in [2.05, 4.69) is 5.32 Å². The zero-order chi connectivity index (χ0) is 15.1. The monoisotopic (exact) mass is 287 g/mol. The van der Waals surface area contributed by atoms with Gasteiger partial charge in [0.15, 0.2) is 0 Å². The summed E-state index contributed by atoms with van der Waals surface area (Å²) in [6.07, 6.45) is 0. The van der Waals surface area contributed by atoms with Gasteiger partial charge in [-0.05, 0) is 36.4 Å². The Labute approximate surface area is 123 Å². The lowest BCUT2D eigenvalue weighted by atomic mass is 10.2. The number of nitrogens with one attached hydrogen (secondary N) is 1. The molecule has 0 bridgehead atoms. The highest BCUT2D eigenvalue weighted by Gasteiger charge is 2.07. The maximum atomic E-state index is 11.1. The summed E-state index contributed by atoms with van der Waals surface area (Å²) in [6, 6.07) is 14.1. The molecular formula is C16H17NO4. The number of carbonyl (C=O) groups is 1. The number of para-hydroxylation sites is 1. The van der Waals surface area contributed by atoms with Gasteiger partial charge >= 0.3 is 5.97 Å². The Hall–Kier alpha value is -2.69. The number of carboxylic acids is 1. The van der Waals surface area contributed by atoms with Crippen LogP contribution in [0.3, 0.4) is 0 Å². The summed E-state index contributed by atoms with van der Waals surface area (Å²) in [4.78, 5) is 11.1. The molecule has 2 aromatic carbocycles. The van der Waals surface area contributed by atoms with Gasteiger partial charge in [-0.15, -0.1) is 0 Å². The van der Waals surface area contributed by atoms with E-state index in [4.69, 9.17) is 14.6 Å². The molecule has 21 heavy (non-hydrogen) atoms. The number of carboxylic acid groups (broad SMARTS) is 1. The lowest BCUT2D eigenvalue weighted by Crippen LogP contribution is -2.13. The number of methoxy groups -OCH3 is 1. The summed E-state index contributed by atoms with van der Waals surface area (Å²) < 4.78 is 10.6. The number of aromatic carboxylic acids is 1. The molecule has 0 aliphatic carbocycles. The summed E-state index contributed by atoms with van der Waals surface area (Å²) in [5, 5.41) is 12.1. The van der Waals surface area contributed by atoms with Crippen molar-refractivity contribution in [3.8, 4) is 11.5 Å². The minimum absolute atomic E-state index is 0.252. The van der Waals surface area contributed by atoms with Crippen molar-refractivity contribution in [3.05, 3.63) is 54.1 Å². The minimum Gasteiger partial charge on any atom is -0.497 e. The molecule has 110 valence electrons. The first-order valence-electron chi connectivity index (χ1n) is 6.54. The smallest absolute Gasteiger partial charge is 0.337 e. The lowest BCUT2D eigenvalue weighted by molar-refractivity contribution is 0.0698. The topological polar surface area (TPSA) is 67.8 Å². The first kappa shape index (κ1) is 14.7. The zero-order valence-corrected chi connectivity index (χ0v) is 11.7. The van der Waals surface area contributed by atoms with E-state index in [1.807, 2.05) is 24.3 Å².